The standard InChI is InChI=1S/C26H24N2O5S/c1-31-19-9-7-18(8-10-19)24-13-26(30)28(20-4-2-3-5-23(20)34-24)15-25(29)27-14-17-6-11-21-22(12-17)33-16-32-21/h2-12,24H,13-16H2,1H3,(H,27,29). The van der Waals surface area contributed by atoms with Crippen molar-refractivity contribution in [3.8, 4) is 17.2 Å². The zero-order valence-electron chi connectivity index (χ0n) is 18.7. The highest BCUT2D eigenvalue weighted by Crippen LogP contribution is 2.45. The number of nitrogens with zero attached hydrogens (tertiary/aromatic N) is 1. The van der Waals surface area contributed by atoms with E-state index in [4.69, 9.17) is 14.2 Å². The van der Waals surface area contributed by atoms with Crippen LogP contribution in [0.25, 0.3) is 0 Å². The highest BCUT2D eigenvalue weighted by Gasteiger charge is 2.30. The van der Waals surface area contributed by atoms with E-state index >= 15 is 0 Å². The molecule has 0 saturated carbocycles. The Hall–Kier alpha value is -3.65. The highest BCUT2D eigenvalue weighted by atomic mass is 32.2. The molecule has 3 aromatic carbocycles. The smallest absolute Gasteiger partial charge is 0.240 e. The molecule has 5 rings (SSSR count). The molecule has 8 heteroatoms. The van der Waals surface area contributed by atoms with Gasteiger partial charge in [0.2, 0.25) is 18.6 Å². The quantitative estimate of drug-likeness (QED) is 0.571. The van der Waals surface area contributed by atoms with Gasteiger partial charge in [-0.2, -0.15) is 0 Å². The van der Waals surface area contributed by atoms with E-state index < -0.39 is 0 Å². The number of benzene rings is 3. The maximum atomic E-state index is 13.3. The lowest BCUT2D eigenvalue weighted by molar-refractivity contribution is -0.124. The fourth-order valence-corrected chi connectivity index (χ4v) is 5.29. The topological polar surface area (TPSA) is 77.1 Å². The molecule has 7 nitrogen and oxygen atoms in total. The summed E-state index contributed by atoms with van der Waals surface area (Å²) in [6, 6.07) is 21.1. The van der Waals surface area contributed by atoms with Crippen molar-refractivity contribution in [2.75, 3.05) is 25.3 Å². The van der Waals surface area contributed by atoms with E-state index in [-0.39, 0.29) is 30.4 Å². The van der Waals surface area contributed by atoms with Crippen molar-refractivity contribution in [3.63, 3.8) is 0 Å². The van der Waals surface area contributed by atoms with Gasteiger partial charge in [0.1, 0.15) is 12.3 Å². The summed E-state index contributed by atoms with van der Waals surface area (Å²) in [6.45, 7) is 0.496. The number of thioether (sulfide) groups is 1. The summed E-state index contributed by atoms with van der Waals surface area (Å²) in [7, 11) is 1.63. The minimum absolute atomic E-state index is 0.0453. The van der Waals surface area contributed by atoms with Gasteiger partial charge in [0, 0.05) is 23.1 Å². The Morgan fingerprint density at radius 2 is 1.88 bits per heavy atom. The number of ether oxygens (including phenoxy) is 3. The first-order chi connectivity index (χ1) is 16.6. The minimum atomic E-state index is -0.228. The van der Waals surface area contributed by atoms with Crippen molar-refractivity contribution in [3.05, 3.63) is 77.9 Å². The predicted molar refractivity (Wildman–Crippen MR) is 129 cm³/mol. The molecule has 3 aromatic rings. The number of para-hydroxylation sites is 1. The van der Waals surface area contributed by atoms with E-state index in [1.807, 2.05) is 66.7 Å². The summed E-state index contributed by atoms with van der Waals surface area (Å²) < 4.78 is 16.0. The van der Waals surface area contributed by atoms with Crippen molar-refractivity contribution in [2.24, 2.45) is 0 Å². The molecule has 2 heterocycles. The van der Waals surface area contributed by atoms with Crippen molar-refractivity contribution >= 4 is 29.3 Å². The number of amides is 2. The fourth-order valence-electron chi connectivity index (χ4n) is 4.01. The number of hydrogen-bond acceptors (Lipinski definition) is 6. The number of methoxy groups -OCH3 is 1. The van der Waals surface area contributed by atoms with E-state index in [2.05, 4.69) is 5.32 Å². The molecule has 1 unspecified atom stereocenters. The summed E-state index contributed by atoms with van der Waals surface area (Å²) in [5.74, 6) is 1.83. The lowest BCUT2D eigenvalue weighted by Gasteiger charge is -2.22. The van der Waals surface area contributed by atoms with Gasteiger partial charge in [-0.15, -0.1) is 11.8 Å². The van der Waals surface area contributed by atoms with E-state index in [0.29, 0.717) is 24.5 Å². The molecule has 0 fully saturated rings. The third-order valence-electron chi connectivity index (χ3n) is 5.80. The van der Waals surface area contributed by atoms with Crippen molar-refractivity contribution in [1.29, 1.82) is 0 Å². The van der Waals surface area contributed by atoms with Crippen LogP contribution in [0.4, 0.5) is 5.69 Å². The maximum Gasteiger partial charge on any atom is 0.240 e. The van der Waals surface area contributed by atoms with Gasteiger partial charge in [0.05, 0.1) is 12.8 Å². The second-order valence-electron chi connectivity index (χ2n) is 8.00. The number of hydrogen-bond donors (Lipinski definition) is 1. The Morgan fingerprint density at radius 3 is 2.71 bits per heavy atom. The third kappa shape index (κ3) is 4.68. The van der Waals surface area contributed by atoms with Crippen LogP contribution in [-0.2, 0) is 16.1 Å². The number of rotatable bonds is 6. The molecule has 1 N–H and O–H groups in total. The zero-order chi connectivity index (χ0) is 23.5. The lowest BCUT2D eigenvalue weighted by atomic mass is 10.1. The van der Waals surface area contributed by atoms with E-state index in [0.717, 1.165) is 27.5 Å². The summed E-state index contributed by atoms with van der Waals surface area (Å²) in [4.78, 5) is 28.7. The molecule has 174 valence electrons. The van der Waals surface area contributed by atoms with Gasteiger partial charge in [0.25, 0.3) is 0 Å². The molecule has 0 bridgehead atoms. The minimum Gasteiger partial charge on any atom is -0.497 e. The molecule has 0 spiro atoms. The second-order valence-corrected chi connectivity index (χ2v) is 9.24. The van der Waals surface area contributed by atoms with Gasteiger partial charge in [-0.1, -0.05) is 30.3 Å². The monoisotopic (exact) mass is 476 g/mol. The summed E-state index contributed by atoms with van der Waals surface area (Å²) in [5, 5.41) is 2.86. The van der Waals surface area contributed by atoms with Gasteiger partial charge in [0.15, 0.2) is 11.5 Å². The van der Waals surface area contributed by atoms with Crippen LogP contribution >= 0.6 is 11.8 Å². The van der Waals surface area contributed by atoms with Crippen LogP contribution in [0.1, 0.15) is 22.8 Å². The van der Waals surface area contributed by atoms with Gasteiger partial charge in [-0.05, 0) is 47.5 Å². The average molecular weight is 477 g/mol. The Bertz CT molecular complexity index is 1210. The molecule has 2 amide bonds. The first kappa shape index (κ1) is 22.2. The normalized spacial score (nSPS) is 16.6. The van der Waals surface area contributed by atoms with E-state index in [1.165, 1.54) is 0 Å². The van der Waals surface area contributed by atoms with Crippen molar-refractivity contribution < 1.29 is 23.8 Å². The summed E-state index contributed by atoms with van der Waals surface area (Å²) >= 11 is 1.64. The molecule has 0 aromatic heterocycles. The van der Waals surface area contributed by atoms with Crippen LogP contribution in [0.3, 0.4) is 0 Å². The molecule has 1 atom stereocenters. The van der Waals surface area contributed by atoms with Crippen molar-refractivity contribution in [2.45, 2.75) is 23.1 Å². The number of anilines is 1. The molecular weight excluding hydrogens is 452 g/mol. The van der Waals surface area contributed by atoms with Gasteiger partial charge in [-0.25, -0.2) is 0 Å². The number of carbonyl (C=O) groups excluding carboxylic acids is 2. The van der Waals surface area contributed by atoms with Crippen LogP contribution in [-0.4, -0.2) is 32.3 Å². The Morgan fingerprint density at radius 1 is 1.09 bits per heavy atom. The molecule has 2 aliphatic rings. The van der Waals surface area contributed by atoms with E-state index in [9.17, 15) is 9.59 Å². The Kier molecular flexibility index (Phi) is 6.31. The second kappa shape index (κ2) is 9.69. The van der Waals surface area contributed by atoms with Crippen molar-refractivity contribution in [1.82, 2.24) is 5.32 Å². The number of fused-ring (bicyclic) bond motifs is 2. The molecule has 2 aliphatic heterocycles. The molecule has 34 heavy (non-hydrogen) atoms. The first-order valence-corrected chi connectivity index (χ1v) is 11.8. The Balaban J connectivity index is 1.30. The molecule has 0 aliphatic carbocycles. The Labute approximate surface area is 202 Å². The largest absolute Gasteiger partial charge is 0.497 e. The predicted octanol–water partition coefficient (Wildman–Crippen LogP) is 4.31. The number of nitrogens with one attached hydrogen (secondary N) is 1. The zero-order valence-corrected chi connectivity index (χ0v) is 19.5. The van der Waals surface area contributed by atoms with Crippen LogP contribution in [0.2, 0.25) is 0 Å². The van der Waals surface area contributed by atoms with Gasteiger partial charge >= 0.3 is 0 Å². The van der Waals surface area contributed by atoms with Crippen LogP contribution in [0.5, 0.6) is 17.2 Å². The SMILES string of the molecule is COc1ccc(C2CC(=O)N(CC(=O)NCc3ccc4c(c3)OCO4)c3ccccc3S2)cc1. The molecule has 0 radical (unpaired) electrons. The van der Waals surface area contributed by atoms with Gasteiger partial charge < -0.3 is 24.4 Å². The maximum absolute atomic E-state index is 13.3. The van der Waals surface area contributed by atoms with E-state index in [1.54, 1.807) is 23.8 Å². The highest BCUT2D eigenvalue weighted by molar-refractivity contribution is 7.99. The average Bonchev–Trinajstić information content (AvgIpc) is 3.29. The van der Waals surface area contributed by atoms with Gasteiger partial charge in [-0.3, -0.25) is 9.59 Å². The third-order valence-corrected chi connectivity index (χ3v) is 7.12. The first-order valence-electron chi connectivity index (χ1n) is 11.0. The van der Waals surface area contributed by atoms with Crippen LogP contribution in [0.15, 0.2) is 71.6 Å². The van der Waals surface area contributed by atoms with Crippen LogP contribution in [0, 0.1) is 0 Å². The summed E-state index contributed by atoms with van der Waals surface area (Å²) in [6.07, 6.45) is 0.293. The van der Waals surface area contributed by atoms with Crippen LogP contribution < -0.4 is 24.4 Å². The fraction of sp³-hybridized carbons (Fsp3) is 0.231. The number of carbonyl (C=O) groups is 2. The summed E-state index contributed by atoms with van der Waals surface area (Å²) in [5.41, 5.74) is 2.70. The lowest BCUT2D eigenvalue weighted by Crippen LogP contribution is -2.40. The molecule has 0 saturated heterocycles. The molecular formula is C26H24N2O5S.